The van der Waals surface area contributed by atoms with Gasteiger partial charge in [0, 0.05) is 19.7 Å². The number of amides is 2. The number of nitrogens with two attached hydrogens (primary N) is 2. The molecule has 0 saturated carbocycles. The fourth-order valence-corrected chi connectivity index (χ4v) is 2.78. The zero-order chi connectivity index (χ0) is 22.8. The number of pyridine rings is 1. The predicted molar refractivity (Wildman–Crippen MR) is 115 cm³/mol. The summed E-state index contributed by atoms with van der Waals surface area (Å²) in [5.74, 6) is -0.322. The zero-order valence-electron chi connectivity index (χ0n) is 16.9. The van der Waals surface area contributed by atoms with E-state index in [0.717, 1.165) is 9.69 Å². The first-order valence-electron chi connectivity index (χ1n) is 9.39. The van der Waals surface area contributed by atoms with Crippen LogP contribution < -0.4 is 32.1 Å². The van der Waals surface area contributed by atoms with E-state index in [9.17, 15) is 19.2 Å². The Morgan fingerprint density at radius 2 is 1.94 bits per heavy atom. The number of ether oxygens (including phenoxy) is 1. The lowest BCUT2D eigenvalue weighted by Crippen LogP contribution is -2.52. The molecule has 164 valence electrons. The number of rotatable bonds is 9. The summed E-state index contributed by atoms with van der Waals surface area (Å²) in [4.78, 5) is 52.7. The number of nitrogens with zero attached hydrogens (tertiary/aromatic N) is 3. The van der Waals surface area contributed by atoms with Crippen LogP contribution in [0.2, 0.25) is 0 Å². The van der Waals surface area contributed by atoms with Crippen LogP contribution in [0.15, 0.2) is 58.4 Å². The van der Waals surface area contributed by atoms with Crippen molar-refractivity contribution in [2.45, 2.75) is 25.8 Å². The Kier molecular flexibility index (Phi) is 8.31. The van der Waals surface area contributed by atoms with E-state index in [2.05, 4.69) is 10.3 Å². The molecule has 1 aromatic carbocycles. The molecule has 31 heavy (non-hydrogen) atoms. The van der Waals surface area contributed by atoms with E-state index >= 15 is 0 Å². The maximum atomic E-state index is 12.9. The molecule has 1 heterocycles. The maximum Gasteiger partial charge on any atom is 0.417 e. The van der Waals surface area contributed by atoms with Crippen molar-refractivity contribution < 1.29 is 19.1 Å². The molecule has 0 aliphatic rings. The van der Waals surface area contributed by atoms with Crippen LogP contribution in [0, 0.1) is 0 Å². The lowest BCUT2D eigenvalue weighted by molar-refractivity contribution is -0.121. The van der Waals surface area contributed by atoms with Gasteiger partial charge in [-0.15, -0.1) is 0 Å². The number of aldehydes is 1. The predicted octanol–water partition coefficient (Wildman–Crippen LogP) is 0.565. The summed E-state index contributed by atoms with van der Waals surface area (Å²) in [6, 6.07) is 10.2. The van der Waals surface area contributed by atoms with Gasteiger partial charge >= 0.3 is 6.09 Å². The summed E-state index contributed by atoms with van der Waals surface area (Å²) in [5, 5.41) is 3.36. The van der Waals surface area contributed by atoms with E-state index in [1.165, 1.54) is 25.3 Å². The first-order valence-corrected chi connectivity index (χ1v) is 9.39. The molecule has 0 aliphatic carbocycles. The van der Waals surface area contributed by atoms with Crippen LogP contribution in [0.4, 0.5) is 10.5 Å². The molecule has 1 atom stereocenters. The molecule has 5 N–H and O–H groups in total. The Bertz CT molecular complexity index is 1000. The third-order valence-corrected chi connectivity index (χ3v) is 4.10. The van der Waals surface area contributed by atoms with E-state index in [1.54, 1.807) is 30.3 Å². The molecule has 0 unspecified atom stereocenters. The van der Waals surface area contributed by atoms with Crippen molar-refractivity contribution in [3.63, 3.8) is 0 Å². The van der Waals surface area contributed by atoms with Gasteiger partial charge in [-0.25, -0.2) is 14.5 Å². The average Bonchev–Trinajstić information content (AvgIpc) is 2.72. The van der Waals surface area contributed by atoms with Gasteiger partial charge in [-0.1, -0.05) is 18.2 Å². The fraction of sp³-hybridized carbons (Fsp3) is 0.250. The molecular formula is C20H24N6O5. The summed E-state index contributed by atoms with van der Waals surface area (Å²) in [6.07, 6.45) is 1.64. The molecule has 11 nitrogen and oxygen atoms in total. The number of nitrogens with one attached hydrogen (secondary N) is 1. The number of aromatic nitrogens is 1. The van der Waals surface area contributed by atoms with Crippen molar-refractivity contribution in [3.8, 4) is 5.75 Å². The van der Waals surface area contributed by atoms with Crippen LogP contribution in [0.3, 0.4) is 0 Å². The third-order valence-electron chi connectivity index (χ3n) is 4.10. The Balaban J connectivity index is 2.21. The Morgan fingerprint density at radius 3 is 2.55 bits per heavy atom. The summed E-state index contributed by atoms with van der Waals surface area (Å²) < 4.78 is 6.08. The normalized spacial score (nSPS) is 11.1. The van der Waals surface area contributed by atoms with Crippen LogP contribution in [0.5, 0.6) is 5.75 Å². The number of hydrogen-bond donors (Lipinski definition) is 3. The minimum Gasteiger partial charge on any atom is -0.410 e. The van der Waals surface area contributed by atoms with Gasteiger partial charge in [-0.3, -0.25) is 19.9 Å². The first-order chi connectivity index (χ1) is 14.8. The average molecular weight is 428 g/mol. The van der Waals surface area contributed by atoms with Crippen molar-refractivity contribution >= 4 is 29.9 Å². The van der Waals surface area contributed by atoms with Gasteiger partial charge in [0.05, 0.1) is 0 Å². The maximum absolute atomic E-state index is 12.9. The SMILES string of the molecule is CC(=O)N([C@H](C=O)CCCN=C(N)N)n1cccc(NC(=O)Oc2ccccc2)c1=O. The van der Waals surface area contributed by atoms with Gasteiger partial charge in [0.25, 0.3) is 5.56 Å². The number of benzene rings is 1. The second-order valence-electron chi connectivity index (χ2n) is 6.41. The molecular weight excluding hydrogens is 404 g/mol. The highest BCUT2D eigenvalue weighted by molar-refractivity contribution is 5.89. The van der Waals surface area contributed by atoms with Gasteiger partial charge < -0.3 is 21.0 Å². The van der Waals surface area contributed by atoms with E-state index in [4.69, 9.17) is 16.2 Å². The van der Waals surface area contributed by atoms with Gasteiger partial charge in [0.15, 0.2) is 5.96 Å². The summed E-state index contributed by atoms with van der Waals surface area (Å²) in [5.41, 5.74) is 9.70. The van der Waals surface area contributed by atoms with Gasteiger partial charge in [0.2, 0.25) is 5.91 Å². The number of guanidine groups is 1. The molecule has 2 aromatic rings. The summed E-state index contributed by atoms with van der Waals surface area (Å²) in [6.45, 7) is 1.49. The van der Waals surface area contributed by atoms with Crippen LogP contribution in [-0.2, 0) is 9.59 Å². The number of aliphatic imine (C=N–C) groups is 1. The van der Waals surface area contributed by atoms with Crippen LogP contribution in [-0.4, -0.2) is 41.5 Å². The number of carbonyl (C=O) groups is 3. The van der Waals surface area contributed by atoms with Crippen LogP contribution >= 0.6 is 0 Å². The fourth-order valence-electron chi connectivity index (χ4n) is 2.78. The molecule has 11 heteroatoms. The lowest BCUT2D eigenvalue weighted by atomic mass is 10.1. The second-order valence-corrected chi connectivity index (χ2v) is 6.41. The molecule has 0 radical (unpaired) electrons. The number of anilines is 1. The monoisotopic (exact) mass is 428 g/mol. The number of carbonyl (C=O) groups excluding carboxylic acids is 3. The molecule has 0 spiro atoms. The van der Waals surface area contributed by atoms with E-state index in [-0.39, 0.29) is 24.6 Å². The van der Waals surface area contributed by atoms with E-state index < -0.39 is 23.6 Å². The Morgan fingerprint density at radius 1 is 1.23 bits per heavy atom. The van der Waals surface area contributed by atoms with Gasteiger partial charge in [0.1, 0.15) is 23.8 Å². The summed E-state index contributed by atoms with van der Waals surface area (Å²) >= 11 is 0. The van der Waals surface area contributed by atoms with Gasteiger partial charge in [-0.05, 0) is 37.1 Å². The molecule has 0 fully saturated rings. The standard InChI is InChI=1S/C20H24N6O5/c1-14(28)26(15(13-27)7-5-11-23-19(21)22)25-12-6-10-17(18(25)29)24-20(30)31-16-8-3-2-4-9-16/h2-4,6,8-10,12-13,15H,5,7,11H2,1H3,(H,24,30)(H4,21,22,23)/t15-/m0/s1. The third kappa shape index (κ3) is 6.70. The minimum atomic E-state index is -0.934. The van der Waals surface area contributed by atoms with Crippen molar-refractivity contribution in [3.05, 3.63) is 59.0 Å². The Labute approximate surface area is 178 Å². The van der Waals surface area contributed by atoms with Crippen molar-refractivity contribution in [2.75, 3.05) is 16.9 Å². The summed E-state index contributed by atoms with van der Waals surface area (Å²) in [7, 11) is 0. The number of hydrogen-bond acceptors (Lipinski definition) is 6. The molecule has 0 bridgehead atoms. The van der Waals surface area contributed by atoms with Gasteiger partial charge in [-0.2, -0.15) is 0 Å². The molecule has 2 amide bonds. The highest BCUT2D eigenvalue weighted by Crippen LogP contribution is 2.11. The molecule has 1 aromatic heterocycles. The van der Waals surface area contributed by atoms with Crippen LogP contribution in [0.1, 0.15) is 19.8 Å². The van der Waals surface area contributed by atoms with Crippen molar-refractivity contribution in [1.82, 2.24) is 4.68 Å². The number of para-hydroxylation sites is 1. The first kappa shape index (κ1) is 23.1. The second kappa shape index (κ2) is 11.1. The van der Waals surface area contributed by atoms with Crippen molar-refractivity contribution in [2.24, 2.45) is 16.5 Å². The largest absolute Gasteiger partial charge is 0.417 e. The molecule has 0 saturated heterocycles. The van der Waals surface area contributed by atoms with Crippen LogP contribution in [0.25, 0.3) is 0 Å². The minimum absolute atomic E-state index is 0.0801. The highest BCUT2D eigenvalue weighted by atomic mass is 16.6. The molecule has 0 aliphatic heterocycles. The smallest absolute Gasteiger partial charge is 0.410 e. The zero-order valence-corrected chi connectivity index (χ0v) is 16.9. The molecule has 2 rings (SSSR count). The topological polar surface area (TPSA) is 162 Å². The van der Waals surface area contributed by atoms with E-state index in [1.807, 2.05) is 0 Å². The Hall–Kier alpha value is -4.15. The highest BCUT2D eigenvalue weighted by Gasteiger charge is 2.24. The van der Waals surface area contributed by atoms with Crippen molar-refractivity contribution in [1.29, 1.82) is 0 Å². The lowest BCUT2D eigenvalue weighted by Gasteiger charge is -2.28. The quantitative estimate of drug-likeness (QED) is 0.227. The van der Waals surface area contributed by atoms with E-state index in [0.29, 0.717) is 18.5 Å².